The molecule has 1 nitrogen and oxygen atoms in total. The third-order valence-corrected chi connectivity index (χ3v) is 3.59. The third-order valence-electron chi connectivity index (χ3n) is 2.85. The van der Waals surface area contributed by atoms with Crippen LogP contribution in [0.2, 0.25) is 0 Å². The summed E-state index contributed by atoms with van der Waals surface area (Å²) in [7, 11) is 0. The molecule has 1 aromatic carbocycles. The summed E-state index contributed by atoms with van der Waals surface area (Å²) in [6.07, 6.45) is 1.14. The summed E-state index contributed by atoms with van der Waals surface area (Å²) in [5, 5.41) is 3.56. The average Bonchev–Trinajstić information content (AvgIpc) is 2.16. The molecule has 0 aliphatic rings. The third kappa shape index (κ3) is 3.96. The molecule has 1 N–H and O–H groups in total. The molecule has 0 heterocycles. The fourth-order valence-electron chi connectivity index (χ4n) is 1.26. The van der Waals surface area contributed by atoms with E-state index in [-0.39, 0.29) is 5.54 Å². The lowest BCUT2D eigenvalue weighted by atomic mass is 10.0. The zero-order valence-corrected chi connectivity index (χ0v) is 11.6. The minimum absolute atomic E-state index is 0.213. The van der Waals surface area contributed by atoms with Gasteiger partial charge in [0.25, 0.3) is 0 Å². The van der Waals surface area contributed by atoms with E-state index in [1.165, 1.54) is 15.6 Å². The van der Waals surface area contributed by atoms with Gasteiger partial charge in [-0.05, 0) is 44.4 Å². The summed E-state index contributed by atoms with van der Waals surface area (Å²) in [5.41, 5.74) is 2.83. The van der Waals surface area contributed by atoms with Crippen molar-refractivity contribution in [3.8, 4) is 0 Å². The lowest BCUT2D eigenvalue weighted by Gasteiger charge is -2.25. The van der Waals surface area contributed by atoms with Gasteiger partial charge in [-0.15, -0.1) is 0 Å². The Hall–Kier alpha value is -0.340. The number of rotatable bonds is 4. The monoisotopic (exact) mass is 269 g/mol. The van der Waals surface area contributed by atoms with E-state index in [0.29, 0.717) is 0 Å². The maximum absolute atomic E-state index is 3.60. The van der Waals surface area contributed by atoms with E-state index in [2.05, 4.69) is 67.1 Å². The molecular formula is C13H20BrN. The molecule has 0 aromatic heterocycles. The van der Waals surface area contributed by atoms with Gasteiger partial charge in [0.1, 0.15) is 0 Å². The lowest BCUT2D eigenvalue weighted by molar-refractivity contribution is 0.374. The topological polar surface area (TPSA) is 12.0 Å². The Morgan fingerprint density at radius 2 is 2.00 bits per heavy atom. The van der Waals surface area contributed by atoms with Gasteiger partial charge in [0.15, 0.2) is 0 Å². The second kappa shape index (κ2) is 5.13. The molecule has 0 atom stereocenters. The van der Waals surface area contributed by atoms with Crippen molar-refractivity contribution in [2.75, 3.05) is 0 Å². The summed E-state index contributed by atoms with van der Waals surface area (Å²) >= 11 is 3.60. The van der Waals surface area contributed by atoms with Crippen LogP contribution in [0.3, 0.4) is 0 Å². The van der Waals surface area contributed by atoms with Crippen LogP contribution in [0.1, 0.15) is 38.3 Å². The fraction of sp³-hybridized carbons (Fsp3) is 0.538. The van der Waals surface area contributed by atoms with E-state index in [1.54, 1.807) is 0 Å². The van der Waals surface area contributed by atoms with E-state index >= 15 is 0 Å². The SMILES string of the molecule is CCC(C)(C)NCc1ccc(C)cc1Br. The van der Waals surface area contributed by atoms with Crippen molar-refractivity contribution in [3.63, 3.8) is 0 Å². The molecule has 0 radical (unpaired) electrons. The summed E-state index contributed by atoms with van der Waals surface area (Å²) in [5.74, 6) is 0. The van der Waals surface area contributed by atoms with Gasteiger partial charge in [0.05, 0.1) is 0 Å². The van der Waals surface area contributed by atoms with Crippen molar-refractivity contribution < 1.29 is 0 Å². The minimum atomic E-state index is 0.213. The van der Waals surface area contributed by atoms with Crippen molar-refractivity contribution in [2.24, 2.45) is 0 Å². The largest absolute Gasteiger partial charge is 0.308 e. The van der Waals surface area contributed by atoms with Crippen molar-refractivity contribution in [1.29, 1.82) is 0 Å². The molecule has 2 heteroatoms. The van der Waals surface area contributed by atoms with Crippen LogP contribution in [0, 0.1) is 6.92 Å². The maximum atomic E-state index is 3.60. The Kier molecular flexibility index (Phi) is 4.35. The van der Waals surface area contributed by atoms with Crippen molar-refractivity contribution >= 4 is 15.9 Å². The molecule has 0 unspecified atom stereocenters. The van der Waals surface area contributed by atoms with Crippen LogP contribution in [0.25, 0.3) is 0 Å². The van der Waals surface area contributed by atoms with Gasteiger partial charge in [-0.25, -0.2) is 0 Å². The summed E-state index contributed by atoms with van der Waals surface area (Å²) < 4.78 is 1.20. The number of hydrogen-bond donors (Lipinski definition) is 1. The molecule has 84 valence electrons. The number of halogens is 1. The Morgan fingerprint density at radius 3 is 2.53 bits per heavy atom. The Labute approximate surface area is 101 Å². The Bertz CT molecular complexity index is 331. The minimum Gasteiger partial charge on any atom is -0.308 e. The van der Waals surface area contributed by atoms with E-state index in [9.17, 15) is 0 Å². The normalized spacial score (nSPS) is 11.8. The van der Waals surface area contributed by atoms with Crippen LogP contribution < -0.4 is 5.32 Å². The lowest BCUT2D eigenvalue weighted by Crippen LogP contribution is -2.37. The molecule has 1 aromatic rings. The van der Waals surface area contributed by atoms with Gasteiger partial charge in [-0.2, -0.15) is 0 Å². The highest BCUT2D eigenvalue weighted by molar-refractivity contribution is 9.10. The number of aryl methyl sites for hydroxylation is 1. The van der Waals surface area contributed by atoms with Crippen molar-refractivity contribution in [1.82, 2.24) is 5.32 Å². The highest BCUT2D eigenvalue weighted by Crippen LogP contribution is 2.19. The molecule has 15 heavy (non-hydrogen) atoms. The van der Waals surface area contributed by atoms with Gasteiger partial charge >= 0.3 is 0 Å². The molecular weight excluding hydrogens is 250 g/mol. The zero-order chi connectivity index (χ0) is 11.5. The molecule has 0 aliphatic carbocycles. The second-order valence-corrected chi connectivity index (χ2v) is 5.54. The predicted octanol–water partition coefficient (Wildman–Crippen LogP) is 4.04. The summed E-state index contributed by atoms with van der Waals surface area (Å²) in [4.78, 5) is 0. The van der Waals surface area contributed by atoms with Gasteiger partial charge in [0, 0.05) is 16.6 Å². The molecule has 0 spiro atoms. The Balaban J connectivity index is 2.66. The second-order valence-electron chi connectivity index (χ2n) is 4.69. The molecule has 0 saturated carbocycles. The summed E-state index contributed by atoms with van der Waals surface area (Å²) in [6.45, 7) is 9.70. The molecule has 0 fully saturated rings. The highest BCUT2D eigenvalue weighted by Gasteiger charge is 2.13. The van der Waals surface area contributed by atoms with Gasteiger partial charge in [-0.3, -0.25) is 0 Å². The first-order chi connectivity index (χ1) is 6.94. The predicted molar refractivity (Wildman–Crippen MR) is 70.1 cm³/mol. The van der Waals surface area contributed by atoms with Crippen molar-refractivity contribution in [3.05, 3.63) is 33.8 Å². The molecule has 1 rings (SSSR count). The average molecular weight is 270 g/mol. The van der Waals surface area contributed by atoms with E-state index < -0.39 is 0 Å². The quantitative estimate of drug-likeness (QED) is 0.870. The van der Waals surface area contributed by atoms with Gasteiger partial charge < -0.3 is 5.32 Å². The standard InChI is InChI=1S/C13H20BrN/c1-5-13(3,4)15-9-11-7-6-10(2)8-12(11)14/h6-8,15H,5,9H2,1-4H3. The van der Waals surface area contributed by atoms with Gasteiger partial charge in [-0.1, -0.05) is 35.0 Å². The van der Waals surface area contributed by atoms with Gasteiger partial charge in [0.2, 0.25) is 0 Å². The Morgan fingerprint density at radius 1 is 1.33 bits per heavy atom. The molecule has 0 bridgehead atoms. The van der Waals surface area contributed by atoms with Crippen LogP contribution in [0.15, 0.2) is 22.7 Å². The van der Waals surface area contributed by atoms with Crippen molar-refractivity contribution in [2.45, 2.75) is 46.2 Å². The van der Waals surface area contributed by atoms with Crippen LogP contribution in [-0.2, 0) is 6.54 Å². The smallest absolute Gasteiger partial charge is 0.0222 e. The van der Waals surface area contributed by atoms with E-state index in [1.807, 2.05) is 0 Å². The van der Waals surface area contributed by atoms with Crippen LogP contribution in [0.5, 0.6) is 0 Å². The molecule has 0 aliphatic heterocycles. The van der Waals surface area contributed by atoms with E-state index in [4.69, 9.17) is 0 Å². The number of benzene rings is 1. The summed E-state index contributed by atoms with van der Waals surface area (Å²) in [6, 6.07) is 6.49. The van der Waals surface area contributed by atoms with Crippen LogP contribution in [0.4, 0.5) is 0 Å². The van der Waals surface area contributed by atoms with E-state index in [0.717, 1.165) is 13.0 Å². The molecule has 0 saturated heterocycles. The zero-order valence-electron chi connectivity index (χ0n) is 10.0. The fourth-order valence-corrected chi connectivity index (χ4v) is 1.89. The first-order valence-electron chi connectivity index (χ1n) is 5.44. The molecule has 0 amide bonds. The first-order valence-corrected chi connectivity index (χ1v) is 6.24. The van der Waals surface area contributed by atoms with Crippen LogP contribution in [-0.4, -0.2) is 5.54 Å². The van der Waals surface area contributed by atoms with Crippen LogP contribution >= 0.6 is 15.9 Å². The highest BCUT2D eigenvalue weighted by atomic mass is 79.9. The number of hydrogen-bond acceptors (Lipinski definition) is 1. The number of nitrogens with one attached hydrogen (secondary N) is 1. The first kappa shape index (κ1) is 12.7. The maximum Gasteiger partial charge on any atom is 0.0222 e.